The average Bonchev–Trinajstić information content (AvgIpc) is 3.18. The molecule has 152 valence electrons. The summed E-state index contributed by atoms with van der Waals surface area (Å²) in [4.78, 5) is 1.59. The van der Waals surface area contributed by atoms with Gasteiger partial charge in [0.2, 0.25) is 6.79 Å². The molecule has 0 saturated heterocycles. The second-order valence-corrected chi connectivity index (χ2v) is 6.93. The number of aliphatic hydroxyl groups excluding tert-OH is 1. The van der Waals surface area contributed by atoms with Gasteiger partial charge in [-0.15, -0.1) is 0 Å². The Morgan fingerprint density at radius 1 is 1.04 bits per heavy atom. The lowest BCUT2D eigenvalue weighted by atomic mass is 9.83. The summed E-state index contributed by atoms with van der Waals surface area (Å²) >= 11 is 0. The SMILES string of the molecule is CO.COc1ccc2c(c1OC)C[NH+]1CCc3cc4c(cc3[C@@H]1C2)OCO4.[Cl-]. The summed E-state index contributed by atoms with van der Waals surface area (Å²) in [7, 11) is 4.42. The third kappa shape index (κ3) is 3.26. The highest BCUT2D eigenvalue weighted by atomic mass is 35.5. The molecule has 0 spiro atoms. The molecule has 0 fully saturated rings. The lowest BCUT2D eigenvalue weighted by Crippen LogP contribution is -3.13. The van der Waals surface area contributed by atoms with E-state index in [1.54, 1.807) is 19.1 Å². The number of fused-ring (bicyclic) bond motifs is 5. The van der Waals surface area contributed by atoms with Crippen molar-refractivity contribution < 1.29 is 41.4 Å². The van der Waals surface area contributed by atoms with Gasteiger partial charge >= 0.3 is 0 Å². The summed E-state index contributed by atoms with van der Waals surface area (Å²) in [6, 6.07) is 9.05. The third-order valence-electron chi connectivity index (χ3n) is 5.79. The van der Waals surface area contributed by atoms with Crippen molar-refractivity contribution in [2.45, 2.75) is 25.4 Å². The zero-order valence-corrected chi connectivity index (χ0v) is 17.1. The number of halogens is 1. The number of methoxy groups -OCH3 is 2. The number of nitrogens with one attached hydrogen (secondary N) is 1. The number of quaternary nitrogens is 1. The van der Waals surface area contributed by atoms with Crippen LogP contribution in [0.4, 0.5) is 0 Å². The predicted molar refractivity (Wildman–Crippen MR) is 99.9 cm³/mol. The summed E-state index contributed by atoms with van der Waals surface area (Å²) in [6.45, 7) is 2.42. The minimum absolute atomic E-state index is 0. The van der Waals surface area contributed by atoms with Crippen LogP contribution in [0.25, 0.3) is 0 Å². The number of hydrogen-bond donors (Lipinski definition) is 2. The van der Waals surface area contributed by atoms with E-state index in [1.807, 2.05) is 6.07 Å². The Hall–Kier alpha value is -2.15. The molecule has 1 unspecified atom stereocenters. The summed E-state index contributed by atoms with van der Waals surface area (Å²) < 4.78 is 22.3. The van der Waals surface area contributed by atoms with Crippen LogP contribution in [0.15, 0.2) is 24.3 Å². The monoisotopic (exact) mass is 407 g/mol. The van der Waals surface area contributed by atoms with Gasteiger partial charge in [-0.1, -0.05) is 6.07 Å². The van der Waals surface area contributed by atoms with Crippen molar-refractivity contribution in [2.75, 3.05) is 34.7 Å². The Morgan fingerprint density at radius 2 is 1.79 bits per heavy atom. The first-order chi connectivity index (χ1) is 13.3. The highest BCUT2D eigenvalue weighted by molar-refractivity contribution is 5.53. The van der Waals surface area contributed by atoms with Gasteiger partial charge in [-0.25, -0.2) is 0 Å². The Balaban J connectivity index is 0.000000728. The second-order valence-electron chi connectivity index (χ2n) is 6.93. The lowest BCUT2D eigenvalue weighted by Gasteiger charge is -2.39. The van der Waals surface area contributed by atoms with Gasteiger partial charge in [-0.2, -0.15) is 0 Å². The van der Waals surface area contributed by atoms with E-state index in [4.69, 9.17) is 24.1 Å². The maximum absolute atomic E-state index is 7.00. The van der Waals surface area contributed by atoms with E-state index in [0.29, 0.717) is 12.8 Å². The van der Waals surface area contributed by atoms with Crippen LogP contribution in [0, 0.1) is 0 Å². The molecule has 3 aliphatic rings. The zero-order valence-electron chi connectivity index (χ0n) is 16.4. The summed E-state index contributed by atoms with van der Waals surface area (Å²) in [5.41, 5.74) is 5.46. The molecule has 2 aromatic rings. The normalized spacial score (nSPS) is 20.4. The van der Waals surface area contributed by atoms with Gasteiger partial charge in [0.25, 0.3) is 0 Å². The van der Waals surface area contributed by atoms with Crippen LogP contribution in [-0.2, 0) is 19.4 Å². The average molecular weight is 408 g/mol. The molecule has 3 heterocycles. The van der Waals surface area contributed by atoms with E-state index in [9.17, 15) is 0 Å². The first-order valence-corrected chi connectivity index (χ1v) is 9.23. The highest BCUT2D eigenvalue weighted by Crippen LogP contribution is 2.41. The van der Waals surface area contributed by atoms with Gasteiger partial charge in [0.05, 0.1) is 26.3 Å². The summed E-state index contributed by atoms with van der Waals surface area (Å²) in [6.07, 6.45) is 2.08. The van der Waals surface area contributed by atoms with Crippen molar-refractivity contribution in [3.8, 4) is 23.0 Å². The van der Waals surface area contributed by atoms with Gasteiger partial charge < -0.3 is 41.4 Å². The van der Waals surface area contributed by atoms with E-state index in [2.05, 4.69) is 18.2 Å². The fourth-order valence-corrected chi connectivity index (χ4v) is 4.56. The largest absolute Gasteiger partial charge is 1.00 e. The molecule has 0 saturated carbocycles. The molecular weight excluding hydrogens is 382 g/mol. The number of aliphatic hydroxyl groups is 1. The van der Waals surface area contributed by atoms with E-state index >= 15 is 0 Å². The number of ether oxygens (including phenoxy) is 4. The lowest BCUT2D eigenvalue weighted by molar-refractivity contribution is -0.949. The smallest absolute Gasteiger partial charge is 0.231 e. The van der Waals surface area contributed by atoms with Crippen molar-refractivity contribution in [1.82, 2.24) is 0 Å². The summed E-state index contributed by atoms with van der Waals surface area (Å²) in [5.74, 6) is 3.49. The molecule has 2 atom stereocenters. The van der Waals surface area contributed by atoms with Crippen LogP contribution in [0.3, 0.4) is 0 Å². The molecule has 0 bridgehead atoms. The van der Waals surface area contributed by atoms with Crippen LogP contribution < -0.4 is 36.3 Å². The zero-order chi connectivity index (χ0) is 19.0. The molecule has 28 heavy (non-hydrogen) atoms. The van der Waals surface area contributed by atoms with Gasteiger partial charge in [0, 0.05) is 25.5 Å². The molecule has 2 N–H and O–H groups in total. The minimum Gasteiger partial charge on any atom is -1.00 e. The molecule has 0 aliphatic carbocycles. The second kappa shape index (κ2) is 8.47. The van der Waals surface area contributed by atoms with Gasteiger partial charge in [0.15, 0.2) is 23.0 Å². The number of hydrogen-bond acceptors (Lipinski definition) is 5. The van der Waals surface area contributed by atoms with E-state index in [-0.39, 0.29) is 12.4 Å². The first-order valence-electron chi connectivity index (χ1n) is 9.23. The predicted octanol–water partition coefficient (Wildman–Crippen LogP) is -1.72. The Labute approximate surface area is 171 Å². The molecular formula is C21H26ClNO5. The van der Waals surface area contributed by atoms with E-state index < -0.39 is 0 Å². The molecule has 2 aromatic carbocycles. The van der Waals surface area contributed by atoms with Gasteiger partial charge in [-0.3, -0.25) is 0 Å². The van der Waals surface area contributed by atoms with Crippen molar-refractivity contribution in [2.24, 2.45) is 0 Å². The van der Waals surface area contributed by atoms with Crippen LogP contribution in [-0.4, -0.2) is 39.8 Å². The quantitative estimate of drug-likeness (QED) is 0.620. The standard InChI is InChI=1S/C20H21NO4.CH4O.ClH/c1-22-17-4-3-12-7-16-14-9-19-18(24-11-25-19)8-13(14)5-6-21(16)10-15(12)20(17)23-2;1-2;/h3-4,8-9,16H,5-7,10-11H2,1-2H3;2H,1H3;1H/t16-;;/m0../s1. The highest BCUT2D eigenvalue weighted by Gasteiger charge is 2.38. The molecule has 7 heteroatoms. The number of rotatable bonds is 2. The maximum Gasteiger partial charge on any atom is 0.231 e. The van der Waals surface area contributed by atoms with Gasteiger partial charge in [0.1, 0.15) is 12.6 Å². The van der Waals surface area contributed by atoms with Crippen LogP contribution in [0.2, 0.25) is 0 Å². The third-order valence-corrected chi connectivity index (χ3v) is 5.79. The molecule has 0 radical (unpaired) electrons. The maximum atomic E-state index is 7.00. The minimum atomic E-state index is 0. The Bertz CT molecular complexity index is 857. The fourth-order valence-electron chi connectivity index (χ4n) is 4.56. The van der Waals surface area contributed by atoms with E-state index in [1.165, 1.54) is 22.3 Å². The molecule has 3 aliphatic heterocycles. The van der Waals surface area contributed by atoms with Crippen LogP contribution in [0.1, 0.15) is 28.3 Å². The van der Waals surface area contributed by atoms with Crippen LogP contribution in [0.5, 0.6) is 23.0 Å². The molecule has 6 nitrogen and oxygen atoms in total. The van der Waals surface area contributed by atoms with Crippen molar-refractivity contribution in [3.63, 3.8) is 0 Å². The van der Waals surface area contributed by atoms with Crippen LogP contribution >= 0.6 is 0 Å². The van der Waals surface area contributed by atoms with Crippen molar-refractivity contribution in [1.29, 1.82) is 0 Å². The Morgan fingerprint density at radius 3 is 2.50 bits per heavy atom. The Kier molecular flexibility index (Phi) is 6.23. The number of benzene rings is 2. The molecule has 0 amide bonds. The fraction of sp³-hybridized carbons (Fsp3) is 0.429. The summed E-state index contributed by atoms with van der Waals surface area (Å²) in [5, 5.41) is 7.00. The van der Waals surface area contributed by atoms with Gasteiger partial charge in [-0.05, 0) is 29.3 Å². The topological polar surface area (TPSA) is 61.6 Å². The van der Waals surface area contributed by atoms with Crippen molar-refractivity contribution >= 4 is 0 Å². The molecule has 0 aromatic heterocycles. The van der Waals surface area contributed by atoms with Crippen molar-refractivity contribution in [3.05, 3.63) is 46.5 Å². The van der Waals surface area contributed by atoms with E-state index in [0.717, 1.165) is 56.0 Å². The molecule has 5 rings (SSSR count). The first kappa shape index (κ1) is 20.6.